The molecule has 1 amide bonds. The molecule has 6 rings (SSSR count). The van der Waals surface area contributed by atoms with Gasteiger partial charge in [-0.2, -0.15) is 26.3 Å². The molecule has 1 fully saturated rings. The highest BCUT2D eigenvalue weighted by Crippen LogP contribution is 2.53. The Labute approximate surface area is 366 Å². The maximum atomic E-state index is 15.2. The molecule has 0 aromatic heterocycles. The molecule has 1 saturated heterocycles. The van der Waals surface area contributed by atoms with E-state index in [1.54, 1.807) is 32.9 Å². The van der Waals surface area contributed by atoms with Crippen LogP contribution in [0.25, 0.3) is 0 Å². The lowest BCUT2D eigenvalue weighted by Crippen LogP contribution is -2.61. The van der Waals surface area contributed by atoms with Crippen molar-refractivity contribution in [3.8, 4) is 0 Å². The zero-order valence-electron chi connectivity index (χ0n) is 35.9. The van der Waals surface area contributed by atoms with E-state index < -0.39 is 106 Å². The Kier molecular flexibility index (Phi) is 13.7. The predicted molar refractivity (Wildman–Crippen MR) is 220 cm³/mol. The zero-order valence-corrected chi connectivity index (χ0v) is 35.9. The largest absolute Gasteiger partial charge is 0.459 e. The predicted octanol–water partition coefficient (Wildman–Crippen LogP) is 8.41. The summed E-state index contributed by atoms with van der Waals surface area (Å²) in [5.41, 5.74) is -9.00. The van der Waals surface area contributed by atoms with Crippen LogP contribution >= 0.6 is 0 Å². The number of rotatable bonds is 10. The Morgan fingerprint density at radius 2 is 1.23 bits per heavy atom. The molecule has 3 aromatic carbocycles. The summed E-state index contributed by atoms with van der Waals surface area (Å²) in [6, 6.07) is 20.8. The van der Waals surface area contributed by atoms with E-state index in [0.29, 0.717) is 12.7 Å². The minimum Gasteiger partial charge on any atom is -0.459 e. The molecule has 10 atom stereocenters. The summed E-state index contributed by atoms with van der Waals surface area (Å²) in [5.74, 6) is -9.71. The van der Waals surface area contributed by atoms with Crippen molar-refractivity contribution in [2.75, 3.05) is 14.2 Å². The van der Waals surface area contributed by atoms with Crippen molar-refractivity contribution in [1.29, 1.82) is 0 Å². The number of carbonyl (C=O) groups is 4. The number of esters is 3. The molecular formula is C48H49F6NO9. The number of halogens is 6. The van der Waals surface area contributed by atoms with Crippen LogP contribution in [-0.2, 0) is 60.5 Å². The molecule has 16 heteroatoms. The van der Waals surface area contributed by atoms with Crippen molar-refractivity contribution in [3.63, 3.8) is 0 Å². The van der Waals surface area contributed by atoms with Crippen LogP contribution in [0, 0.1) is 23.7 Å². The first-order valence-corrected chi connectivity index (χ1v) is 20.6. The standard InChI is InChI=1S/C48H49F6NO9/c1-28-17-16-24-35-40(63-43(59)46(61-6,48(52,53)54)34-22-14-9-15-23-34)31(4)30(3)38-36(27-32-18-10-7-11-19-32)55-41(57)44(35,38)64-37(56)26-25-29(2)39(28)62-42(58)45(60-5,47(49,50)51)33-20-12-8-13-21-33/h7-16,18-26,28-29,35-36,38-40H,17,27H2,1-6H3,(H,55,57)/b24-16+,26-25+/t28-,29-,35-,36-,38-,39+,40+,44+,45-,46-/m0/s1. The molecular weight excluding hydrogens is 849 g/mol. The molecule has 1 N–H and O–H groups in total. The zero-order chi connectivity index (χ0) is 46.8. The van der Waals surface area contributed by atoms with E-state index in [1.807, 2.05) is 18.2 Å². The van der Waals surface area contributed by atoms with Crippen molar-refractivity contribution in [2.45, 2.75) is 87.9 Å². The van der Waals surface area contributed by atoms with E-state index in [9.17, 15) is 32.3 Å². The maximum absolute atomic E-state index is 15.2. The fourth-order valence-electron chi connectivity index (χ4n) is 9.41. The molecule has 342 valence electrons. The number of amides is 1. The number of benzene rings is 3. The van der Waals surface area contributed by atoms with Crippen LogP contribution < -0.4 is 5.32 Å². The van der Waals surface area contributed by atoms with E-state index in [2.05, 4.69) is 5.32 Å². The Hall–Kier alpha value is -5.74. The number of ether oxygens (including phenoxy) is 5. The average molecular weight is 898 g/mol. The van der Waals surface area contributed by atoms with Gasteiger partial charge in [0, 0.05) is 43.4 Å². The highest BCUT2D eigenvalue weighted by Gasteiger charge is 2.69. The Morgan fingerprint density at radius 3 is 1.73 bits per heavy atom. The summed E-state index contributed by atoms with van der Waals surface area (Å²) in [5, 5.41) is 2.96. The average Bonchev–Trinajstić information content (AvgIpc) is 3.52. The van der Waals surface area contributed by atoms with Gasteiger partial charge in [0.05, 0.1) is 11.8 Å². The second-order valence-electron chi connectivity index (χ2n) is 16.4. The van der Waals surface area contributed by atoms with E-state index in [4.69, 9.17) is 23.7 Å². The van der Waals surface area contributed by atoms with Gasteiger partial charge in [-0.3, -0.25) is 4.79 Å². The monoisotopic (exact) mass is 897 g/mol. The molecule has 1 aliphatic carbocycles. The number of nitrogens with one attached hydrogen (secondary N) is 1. The van der Waals surface area contributed by atoms with Gasteiger partial charge in [-0.15, -0.1) is 0 Å². The number of alkyl halides is 6. The van der Waals surface area contributed by atoms with E-state index in [-0.39, 0.29) is 18.4 Å². The second-order valence-corrected chi connectivity index (χ2v) is 16.4. The summed E-state index contributed by atoms with van der Waals surface area (Å²) >= 11 is 0. The van der Waals surface area contributed by atoms with Crippen molar-refractivity contribution in [3.05, 3.63) is 143 Å². The van der Waals surface area contributed by atoms with Crippen LogP contribution in [0.1, 0.15) is 50.8 Å². The molecule has 10 nitrogen and oxygen atoms in total. The van der Waals surface area contributed by atoms with Crippen LogP contribution in [0.5, 0.6) is 0 Å². The molecule has 0 bridgehead atoms. The van der Waals surface area contributed by atoms with Crippen LogP contribution in [0.4, 0.5) is 26.3 Å². The fraction of sp³-hybridized carbons (Fsp3) is 0.417. The van der Waals surface area contributed by atoms with Crippen molar-refractivity contribution in [2.24, 2.45) is 23.7 Å². The number of methoxy groups -OCH3 is 2. The van der Waals surface area contributed by atoms with Crippen molar-refractivity contribution < 1.29 is 69.2 Å². The Balaban J connectivity index is 1.47. The van der Waals surface area contributed by atoms with Gasteiger partial charge in [0.25, 0.3) is 17.1 Å². The Morgan fingerprint density at radius 1 is 0.734 bits per heavy atom. The number of hydrogen-bond acceptors (Lipinski definition) is 9. The van der Waals surface area contributed by atoms with Gasteiger partial charge < -0.3 is 29.0 Å². The first-order chi connectivity index (χ1) is 30.2. The molecule has 3 aliphatic rings. The van der Waals surface area contributed by atoms with E-state index >= 15 is 13.2 Å². The lowest BCUT2D eigenvalue weighted by molar-refractivity contribution is -0.280. The lowest BCUT2D eigenvalue weighted by atomic mass is 9.63. The number of carbonyl (C=O) groups excluding carboxylic acids is 4. The van der Waals surface area contributed by atoms with Crippen LogP contribution in [0.3, 0.4) is 0 Å². The van der Waals surface area contributed by atoms with Gasteiger partial charge in [-0.25, -0.2) is 14.4 Å². The number of hydrogen-bond donors (Lipinski definition) is 1. The van der Waals surface area contributed by atoms with E-state index in [0.717, 1.165) is 43.0 Å². The third kappa shape index (κ3) is 8.26. The summed E-state index contributed by atoms with van der Waals surface area (Å²) in [6.07, 6.45) is -8.37. The van der Waals surface area contributed by atoms with Gasteiger partial charge in [0.1, 0.15) is 12.2 Å². The molecule has 0 unspecified atom stereocenters. The minimum atomic E-state index is -5.36. The topological polar surface area (TPSA) is 126 Å². The van der Waals surface area contributed by atoms with Gasteiger partial charge in [0.2, 0.25) is 5.60 Å². The molecule has 0 radical (unpaired) electrons. The summed E-state index contributed by atoms with van der Waals surface area (Å²) in [7, 11) is 1.45. The first kappa shape index (κ1) is 47.7. The summed E-state index contributed by atoms with van der Waals surface area (Å²) in [4.78, 5) is 57.0. The third-order valence-corrected chi connectivity index (χ3v) is 12.7. The summed E-state index contributed by atoms with van der Waals surface area (Å²) < 4.78 is 118. The van der Waals surface area contributed by atoms with Crippen molar-refractivity contribution in [1.82, 2.24) is 5.32 Å². The molecule has 3 aromatic rings. The highest BCUT2D eigenvalue weighted by molar-refractivity contribution is 5.95. The number of allylic oxidation sites excluding steroid dienone is 1. The molecule has 2 aliphatic heterocycles. The molecule has 2 heterocycles. The van der Waals surface area contributed by atoms with Crippen LogP contribution in [0.2, 0.25) is 0 Å². The molecule has 0 saturated carbocycles. The van der Waals surface area contributed by atoms with Crippen LogP contribution in [0.15, 0.2) is 126 Å². The van der Waals surface area contributed by atoms with Gasteiger partial charge in [0.15, 0.2) is 0 Å². The fourth-order valence-corrected chi connectivity index (χ4v) is 9.41. The second kappa shape index (κ2) is 18.4. The normalized spacial score (nSPS) is 29.2. The Bertz CT molecular complexity index is 2280. The first-order valence-electron chi connectivity index (χ1n) is 20.6. The van der Waals surface area contributed by atoms with Crippen molar-refractivity contribution >= 4 is 23.8 Å². The van der Waals surface area contributed by atoms with Gasteiger partial charge in [-0.05, 0) is 43.7 Å². The molecule has 64 heavy (non-hydrogen) atoms. The van der Waals surface area contributed by atoms with Gasteiger partial charge in [-0.1, -0.05) is 129 Å². The van der Waals surface area contributed by atoms with Gasteiger partial charge >= 0.3 is 30.3 Å². The molecule has 1 spiro atoms. The van der Waals surface area contributed by atoms with E-state index in [1.165, 1.54) is 61.5 Å². The highest BCUT2D eigenvalue weighted by atomic mass is 19.4. The third-order valence-electron chi connectivity index (χ3n) is 12.7. The smallest absolute Gasteiger partial charge is 0.432 e. The lowest BCUT2D eigenvalue weighted by Gasteiger charge is -2.47. The maximum Gasteiger partial charge on any atom is 0.432 e. The quantitative estimate of drug-likeness (QED) is 0.0925. The van der Waals surface area contributed by atoms with Crippen LogP contribution in [-0.4, -0.2) is 74.2 Å². The summed E-state index contributed by atoms with van der Waals surface area (Å²) in [6.45, 7) is 6.28. The SMILES string of the molecule is CO[C@](C(=O)O[C@H]1[C@@H](C)/C=C/C(=O)O[C@@]23C(=O)N[C@@H](Cc4ccccc4)[C@@H]2C(C)=C(C)[C@@H](OC(=O)[C@@](OC)(c2ccccc2)C(F)(F)F)[C@@H]3/C=C/C[C@@H]1C)(c1ccccc1)C(F)(F)F. The minimum absolute atomic E-state index is 0.0648.